The first-order valence-corrected chi connectivity index (χ1v) is 5.55. The van der Waals surface area contributed by atoms with Crippen LogP contribution >= 0.6 is 0 Å². The van der Waals surface area contributed by atoms with Crippen LogP contribution in [0.4, 0.5) is 0 Å². The SMILES string of the molecule is C=CC(=O)CC[N+](C)(C)Cc1ccccc1.[Cl-]. The molecule has 0 aromatic heterocycles. The number of quaternary nitrogens is 1. The Morgan fingerprint density at radius 1 is 1.29 bits per heavy atom. The molecule has 1 rings (SSSR count). The molecule has 0 N–H and O–H groups in total. The molecule has 0 radical (unpaired) electrons. The molecule has 0 unspecified atom stereocenters. The average molecular weight is 254 g/mol. The highest BCUT2D eigenvalue weighted by atomic mass is 35.5. The minimum atomic E-state index is 0. The Balaban J connectivity index is 0.00000256. The third-order valence-electron chi connectivity index (χ3n) is 2.64. The predicted molar refractivity (Wildman–Crippen MR) is 66.9 cm³/mol. The quantitative estimate of drug-likeness (QED) is 0.490. The van der Waals surface area contributed by atoms with Gasteiger partial charge in [-0.1, -0.05) is 36.9 Å². The third kappa shape index (κ3) is 6.25. The van der Waals surface area contributed by atoms with E-state index < -0.39 is 0 Å². The van der Waals surface area contributed by atoms with Crippen LogP contribution in [0.25, 0.3) is 0 Å². The van der Waals surface area contributed by atoms with Crippen LogP contribution in [-0.2, 0) is 11.3 Å². The Bertz CT molecular complexity index is 360. The minimum Gasteiger partial charge on any atom is -1.00 e. The van der Waals surface area contributed by atoms with Crippen molar-refractivity contribution in [3.05, 3.63) is 48.6 Å². The number of rotatable bonds is 6. The molecular weight excluding hydrogens is 234 g/mol. The number of hydrogen-bond acceptors (Lipinski definition) is 1. The summed E-state index contributed by atoms with van der Waals surface area (Å²) in [4.78, 5) is 11.2. The van der Waals surface area contributed by atoms with Crippen molar-refractivity contribution >= 4 is 5.78 Å². The number of halogens is 1. The molecule has 3 heteroatoms. The number of nitrogens with zero attached hydrogens (tertiary/aromatic N) is 1. The van der Waals surface area contributed by atoms with Gasteiger partial charge < -0.3 is 16.9 Å². The molecule has 17 heavy (non-hydrogen) atoms. The van der Waals surface area contributed by atoms with E-state index in [9.17, 15) is 4.79 Å². The lowest BCUT2D eigenvalue weighted by Gasteiger charge is -2.29. The van der Waals surface area contributed by atoms with Crippen molar-refractivity contribution in [3.63, 3.8) is 0 Å². The molecule has 0 aliphatic carbocycles. The first-order chi connectivity index (χ1) is 7.53. The fourth-order valence-corrected chi connectivity index (χ4v) is 1.67. The van der Waals surface area contributed by atoms with Crippen molar-refractivity contribution < 1.29 is 21.7 Å². The van der Waals surface area contributed by atoms with Crippen molar-refractivity contribution in [3.8, 4) is 0 Å². The molecule has 0 heterocycles. The molecule has 0 aliphatic rings. The van der Waals surface area contributed by atoms with Crippen LogP contribution in [0.2, 0.25) is 0 Å². The molecule has 94 valence electrons. The van der Waals surface area contributed by atoms with E-state index in [0.717, 1.165) is 17.6 Å². The van der Waals surface area contributed by atoms with Gasteiger partial charge in [0.15, 0.2) is 5.78 Å². The smallest absolute Gasteiger partial charge is 0.160 e. The fourth-order valence-electron chi connectivity index (χ4n) is 1.67. The maximum absolute atomic E-state index is 11.2. The van der Waals surface area contributed by atoms with Crippen LogP contribution in [0.5, 0.6) is 0 Å². The second-order valence-corrected chi connectivity index (χ2v) is 4.72. The molecule has 0 atom stereocenters. The minimum absolute atomic E-state index is 0. The molecule has 0 bridgehead atoms. The van der Waals surface area contributed by atoms with E-state index in [-0.39, 0.29) is 18.2 Å². The second-order valence-electron chi connectivity index (χ2n) is 4.72. The van der Waals surface area contributed by atoms with E-state index >= 15 is 0 Å². The first-order valence-electron chi connectivity index (χ1n) is 5.55. The largest absolute Gasteiger partial charge is 1.00 e. The van der Waals surface area contributed by atoms with Gasteiger partial charge in [-0.05, 0) is 6.08 Å². The second kappa shape index (κ2) is 7.25. The third-order valence-corrected chi connectivity index (χ3v) is 2.64. The van der Waals surface area contributed by atoms with Gasteiger partial charge in [-0.25, -0.2) is 0 Å². The van der Waals surface area contributed by atoms with Gasteiger partial charge in [-0.2, -0.15) is 0 Å². The number of carbonyl (C=O) groups is 1. The van der Waals surface area contributed by atoms with Crippen molar-refractivity contribution in [2.24, 2.45) is 0 Å². The van der Waals surface area contributed by atoms with Crippen molar-refractivity contribution in [2.45, 2.75) is 13.0 Å². The molecule has 0 saturated carbocycles. The van der Waals surface area contributed by atoms with Crippen LogP contribution in [-0.4, -0.2) is 30.9 Å². The fraction of sp³-hybridized carbons (Fsp3) is 0.357. The van der Waals surface area contributed by atoms with E-state index in [1.54, 1.807) is 0 Å². The summed E-state index contributed by atoms with van der Waals surface area (Å²) < 4.78 is 0.823. The molecule has 2 nitrogen and oxygen atoms in total. The van der Waals surface area contributed by atoms with Gasteiger partial charge in [-0.3, -0.25) is 4.79 Å². The number of hydrogen-bond donors (Lipinski definition) is 0. The van der Waals surface area contributed by atoms with E-state index in [1.807, 2.05) is 18.2 Å². The molecular formula is C14H20ClNO. The number of ketones is 1. The summed E-state index contributed by atoms with van der Waals surface area (Å²) in [6.07, 6.45) is 1.98. The Morgan fingerprint density at radius 2 is 1.88 bits per heavy atom. The topological polar surface area (TPSA) is 17.1 Å². The summed E-state index contributed by atoms with van der Waals surface area (Å²) in [6, 6.07) is 10.4. The number of carbonyl (C=O) groups excluding carboxylic acids is 1. The van der Waals surface area contributed by atoms with Crippen molar-refractivity contribution in [1.82, 2.24) is 0 Å². The monoisotopic (exact) mass is 253 g/mol. The van der Waals surface area contributed by atoms with E-state index in [2.05, 4.69) is 32.8 Å². The summed E-state index contributed by atoms with van der Waals surface area (Å²) in [5, 5.41) is 0. The molecule has 1 aromatic rings. The van der Waals surface area contributed by atoms with E-state index in [4.69, 9.17) is 0 Å². The highest BCUT2D eigenvalue weighted by Crippen LogP contribution is 2.09. The number of benzene rings is 1. The molecule has 0 aliphatic heterocycles. The summed E-state index contributed by atoms with van der Waals surface area (Å²) in [5.41, 5.74) is 1.30. The molecule has 0 spiro atoms. The van der Waals surface area contributed by atoms with Gasteiger partial charge in [0.05, 0.1) is 27.1 Å². The highest BCUT2D eigenvalue weighted by molar-refractivity contribution is 5.89. The Hall–Kier alpha value is -1.12. The average Bonchev–Trinajstić information content (AvgIpc) is 2.27. The van der Waals surface area contributed by atoms with Gasteiger partial charge in [0.1, 0.15) is 6.54 Å². The lowest BCUT2D eigenvalue weighted by molar-refractivity contribution is -0.903. The Labute approximate surface area is 110 Å². The van der Waals surface area contributed by atoms with Crippen LogP contribution in [0.15, 0.2) is 43.0 Å². The van der Waals surface area contributed by atoms with Crippen LogP contribution in [0, 0.1) is 0 Å². The lowest BCUT2D eigenvalue weighted by Crippen LogP contribution is -3.00. The zero-order chi connectivity index (χ0) is 12.0. The lowest BCUT2D eigenvalue weighted by atomic mass is 10.2. The number of allylic oxidation sites excluding steroid dienone is 1. The first kappa shape index (κ1) is 15.9. The summed E-state index contributed by atoms with van der Waals surface area (Å²) in [5.74, 6) is 0.124. The molecule has 0 fully saturated rings. The molecule has 0 amide bonds. The summed E-state index contributed by atoms with van der Waals surface area (Å²) in [7, 11) is 4.28. The predicted octanol–water partition coefficient (Wildman–Crippen LogP) is -0.588. The van der Waals surface area contributed by atoms with Crippen LogP contribution in [0.1, 0.15) is 12.0 Å². The van der Waals surface area contributed by atoms with Crippen molar-refractivity contribution in [1.29, 1.82) is 0 Å². The van der Waals surface area contributed by atoms with Gasteiger partial charge in [0.2, 0.25) is 0 Å². The normalized spacial score (nSPS) is 10.5. The zero-order valence-electron chi connectivity index (χ0n) is 10.5. The highest BCUT2D eigenvalue weighted by Gasteiger charge is 2.16. The Morgan fingerprint density at radius 3 is 2.41 bits per heavy atom. The Kier molecular flexibility index (Phi) is 6.78. The molecule has 1 aromatic carbocycles. The van der Waals surface area contributed by atoms with Crippen LogP contribution in [0.3, 0.4) is 0 Å². The van der Waals surface area contributed by atoms with Gasteiger partial charge in [0, 0.05) is 5.56 Å². The van der Waals surface area contributed by atoms with E-state index in [0.29, 0.717) is 6.42 Å². The van der Waals surface area contributed by atoms with Gasteiger partial charge in [0.25, 0.3) is 0 Å². The summed E-state index contributed by atoms with van der Waals surface area (Å²) in [6.45, 7) is 5.29. The maximum atomic E-state index is 11.2. The maximum Gasteiger partial charge on any atom is 0.160 e. The van der Waals surface area contributed by atoms with E-state index in [1.165, 1.54) is 11.6 Å². The van der Waals surface area contributed by atoms with Gasteiger partial charge in [-0.15, -0.1) is 0 Å². The van der Waals surface area contributed by atoms with Crippen LogP contribution < -0.4 is 12.4 Å². The standard InChI is InChI=1S/C14H20NO.ClH/c1-4-14(16)10-11-15(2,3)12-13-8-6-5-7-9-13;/h4-9H,1,10-12H2,2-3H3;1H/q+1;/p-1. The van der Waals surface area contributed by atoms with Gasteiger partial charge >= 0.3 is 0 Å². The van der Waals surface area contributed by atoms with Crippen molar-refractivity contribution in [2.75, 3.05) is 20.6 Å². The summed E-state index contributed by atoms with van der Waals surface area (Å²) >= 11 is 0. The molecule has 0 saturated heterocycles. The zero-order valence-corrected chi connectivity index (χ0v) is 11.3.